The van der Waals surface area contributed by atoms with Gasteiger partial charge in [-0.15, -0.1) is 0 Å². The van der Waals surface area contributed by atoms with Gasteiger partial charge in [0.15, 0.2) is 0 Å². The Labute approximate surface area is 168 Å². The van der Waals surface area contributed by atoms with E-state index in [9.17, 15) is 0 Å². The zero-order valence-electron chi connectivity index (χ0n) is 16.0. The molecule has 0 aliphatic heterocycles. The zero-order valence-corrected chi connectivity index (χ0v) is 16.0. The molecule has 0 unspecified atom stereocenters. The van der Waals surface area contributed by atoms with Gasteiger partial charge in [0.1, 0.15) is 11.5 Å². The second-order valence-electron chi connectivity index (χ2n) is 6.41. The maximum absolute atomic E-state index is 5.85. The Kier molecular flexibility index (Phi) is 5.78. The lowest BCUT2D eigenvalue weighted by atomic mass is 10.2. The summed E-state index contributed by atoms with van der Waals surface area (Å²) in [4.78, 5) is 0. The van der Waals surface area contributed by atoms with Crippen LogP contribution < -0.4 is 14.8 Å². The quantitative estimate of drug-likeness (QED) is 0.496. The summed E-state index contributed by atoms with van der Waals surface area (Å²) in [5.74, 6) is 1.54. The highest BCUT2D eigenvalue weighted by molar-refractivity contribution is 5.34. The Hall–Kier alpha value is -3.71. The van der Waals surface area contributed by atoms with Gasteiger partial charge in [-0.05, 0) is 58.0 Å². The van der Waals surface area contributed by atoms with Crippen LogP contribution in [0.2, 0.25) is 0 Å². The number of tetrazole rings is 1. The van der Waals surface area contributed by atoms with E-state index in [4.69, 9.17) is 9.47 Å². The van der Waals surface area contributed by atoms with E-state index in [1.807, 2.05) is 66.7 Å². The van der Waals surface area contributed by atoms with E-state index in [0.29, 0.717) is 11.8 Å². The smallest absolute Gasteiger partial charge is 0.345 e. The molecule has 1 N–H and O–H groups in total. The average Bonchev–Trinajstić information content (AvgIpc) is 3.24. The lowest BCUT2D eigenvalue weighted by Gasteiger charge is -2.08. The van der Waals surface area contributed by atoms with Crippen molar-refractivity contribution in [2.45, 2.75) is 13.1 Å². The van der Waals surface area contributed by atoms with Crippen LogP contribution in [0, 0.1) is 0 Å². The van der Waals surface area contributed by atoms with E-state index in [1.165, 1.54) is 5.56 Å². The van der Waals surface area contributed by atoms with E-state index in [0.717, 1.165) is 30.1 Å². The Bertz CT molecular complexity index is 1030. The summed E-state index contributed by atoms with van der Waals surface area (Å²) in [6, 6.07) is 25.8. The highest BCUT2D eigenvalue weighted by atomic mass is 16.5. The minimum Gasteiger partial charge on any atom is -0.497 e. The molecule has 0 spiro atoms. The second kappa shape index (κ2) is 8.99. The number of para-hydroxylation sites is 1. The summed E-state index contributed by atoms with van der Waals surface area (Å²) in [6.07, 6.45) is 0. The number of aromatic nitrogens is 4. The zero-order chi connectivity index (χ0) is 19.9. The van der Waals surface area contributed by atoms with Gasteiger partial charge in [-0.3, -0.25) is 0 Å². The third-order valence-electron chi connectivity index (χ3n) is 4.39. The largest absolute Gasteiger partial charge is 0.497 e. The van der Waals surface area contributed by atoms with Crippen molar-refractivity contribution in [2.75, 3.05) is 7.11 Å². The molecule has 0 aliphatic carbocycles. The fourth-order valence-electron chi connectivity index (χ4n) is 2.85. The van der Waals surface area contributed by atoms with Crippen molar-refractivity contribution < 1.29 is 9.47 Å². The predicted octanol–water partition coefficient (Wildman–Crippen LogP) is 3.75. The Morgan fingerprint density at radius 1 is 0.793 bits per heavy atom. The van der Waals surface area contributed by atoms with Crippen LogP contribution >= 0.6 is 0 Å². The van der Waals surface area contributed by atoms with Crippen molar-refractivity contribution in [3.05, 3.63) is 90.0 Å². The van der Waals surface area contributed by atoms with Crippen LogP contribution in [0.1, 0.15) is 11.1 Å². The van der Waals surface area contributed by atoms with Crippen LogP contribution in [0.25, 0.3) is 5.69 Å². The number of nitrogens with zero attached hydrogens (tertiary/aromatic N) is 4. The summed E-state index contributed by atoms with van der Waals surface area (Å²) < 4.78 is 12.6. The van der Waals surface area contributed by atoms with E-state index >= 15 is 0 Å². The highest BCUT2D eigenvalue weighted by Gasteiger charge is 2.10. The molecule has 4 rings (SSSR count). The molecule has 0 saturated heterocycles. The first-order chi connectivity index (χ1) is 14.3. The van der Waals surface area contributed by atoms with Gasteiger partial charge in [0.2, 0.25) is 0 Å². The fourth-order valence-corrected chi connectivity index (χ4v) is 2.85. The number of hydrogen-bond acceptors (Lipinski definition) is 6. The SMILES string of the molecule is COc1ccc(CNCc2ccc(Oc3nnnn3-c3ccccc3)cc2)cc1. The lowest BCUT2D eigenvalue weighted by molar-refractivity contribution is 0.414. The van der Waals surface area contributed by atoms with Crippen LogP contribution in [-0.2, 0) is 13.1 Å². The van der Waals surface area contributed by atoms with Gasteiger partial charge in [0.05, 0.1) is 12.8 Å². The molecule has 0 fully saturated rings. The van der Waals surface area contributed by atoms with Crippen LogP contribution in [0.3, 0.4) is 0 Å². The van der Waals surface area contributed by atoms with Crippen LogP contribution in [0.4, 0.5) is 0 Å². The van der Waals surface area contributed by atoms with E-state index in [1.54, 1.807) is 11.8 Å². The number of ether oxygens (including phenoxy) is 2. The summed E-state index contributed by atoms with van der Waals surface area (Å²) in [5.41, 5.74) is 3.21. The first-order valence-electron chi connectivity index (χ1n) is 9.26. The van der Waals surface area contributed by atoms with Crippen molar-refractivity contribution in [3.8, 4) is 23.2 Å². The van der Waals surface area contributed by atoms with Gasteiger partial charge in [0.25, 0.3) is 0 Å². The normalized spacial score (nSPS) is 10.7. The molecule has 0 aliphatic rings. The Morgan fingerprint density at radius 3 is 2.03 bits per heavy atom. The average molecular weight is 387 g/mol. The van der Waals surface area contributed by atoms with Gasteiger partial charge < -0.3 is 14.8 Å². The Balaban J connectivity index is 1.33. The maximum Gasteiger partial charge on any atom is 0.345 e. The molecular weight excluding hydrogens is 366 g/mol. The minimum absolute atomic E-state index is 0.321. The fraction of sp³-hybridized carbons (Fsp3) is 0.136. The first-order valence-corrected chi connectivity index (χ1v) is 9.26. The standard InChI is InChI=1S/C22H21N5O2/c1-28-20-11-7-17(8-12-20)15-23-16-18-9-13-21(14-10-18)29-22-24-25-26-27(22)19-5-3-2-4-6-19/h2-14,23H,15-16H2,1H3. The first kappa shape index (κ1) is 18.6. The molecule has 0 saturated carbocycles. The molecule has 1 aromatic heterocycles. The van der Waals surface area contributed by atoms with Crippen molar-refractivity contribution in [1.29, 1.82) is 0 Å². The van der Waals surface area contributed by atoms with Gasteiger partial charge in [-0.2, -0.15) is 4.68 Å². The molecule has 3 aromatic carbocycles. The van der Waals surface area contributed by atoms with Crippen molar-refractivity contribution in [1.82, 2.24) is 25.5 Å². The molecule has 7 heteroatoms. The van der Waals surface area contributed by atoms with Crippen molar-refractivity contribution in [2.24, 2.45) is 0 Å². The molecule has 0 amide bonds. The number of methoxy groups -OCH3 is 1. The molecule has 0 bridgehead atoms. The van der Waals surface area contributed by atoms with Gasteiger partial charge in [-0.25, -0.2) is 0 Å². The molecule has 0 radical (unpaired) electrons. The van der Waals surface area contributed by atoms with Crippen molar-refractivity contribution in [3.63, 3.8) is 0 Å². The summed E-state index contributed by atoms with van der Waals surface area (Å²) in [7, 11) is 1.67. The predicted molar refractivity (Wildman–Crippen MR) is 109 cm³/mol. The monoisotopic (exact) mass is 387 g/mol. The third-order valence-corrected chi connectivity index (χ3v) is 4.39. The lowest BCUT2D eigenvalue weighted by Crippen LogP contribution is -2.12. The van der Waals surface area contributed by atoms with Gasteiger partial charge in [0, 0.05) is 13.1 Å². The number of benzene rings is 3. The summed E-state index contributed by atoms with van der Waals surface area (Å²) >= 11 is 0. The molecular formula is C22H21N5O2. The van der Waals surface area contributed by atoms with Gasteiger partial charge >= 0.3 is 6.01 Å². The number of rotatable bonds is 8. The molecule has 0 atom stereocenters. The molecule has 1 heterocycles. The second-order valence-corrected chi connectivity index (χ2v) is 6.41. The minimum atomic E-state index is 0.321. The van der Waals surface area contributed by atoms with Crippen LogP contribution in [-0.4, -0.2) is 27.3 Å². The number of hydrogen-bond donors (Lipinski definition) is 1. The highest BCUT2D eigenvalue weighted by Crippen LogP contribution is 2.21. The van der Waals surface area contributed by atoms with Crippen LogP contribution in [0.5, 0.6) is 17.5 Å². The molecule has 146 valence electrons. The Morgan fingerprint density at radius 2 is 1.41 bits per heavy atom. The third kappa shape index (κ3) is 4.77. The molecule has 29 heavy (non-hydrogen) atoms. The van der Waals surface area contributed by atoms with E-state index in [-0.39, 0.29) is 0 Å². The molecule has 7 nitrogen and oxygen atoms in total. The topological polar surface area (TPSA) is 74.1 Å². The van der Waals surface area contributed by atoms with Crippen LogP contribution in [0.15, 0.2) is 78.9 Å². The van der Waals surface area contributed by atoms with Gasteiger partial charge in [-0.1, -0.05) is 47.6 Å². The van der Waals surface area contributed by atoms with E-state index < -0.39 is 0 Å². The van der Waals surface area contributed by atoms with Crippen molar-refractivity contribution >= 4 is 0 Å². The summed E-state index contributed by atoms with van der Waals surface area (Å²) in [5, 5.41) is 15.1. The maximum atomic E-state index is 5.85. The number of nitrogens with one attached hydrogen (secondary N) is 1. The van der Waals surface area contributed by atoms with E-state index in [2.05, 4.69) is 33.0 Å². The molecule has 4 aromatic rings. The summed E-state index contributed by atoms with van der Waals surface area (Å²) in [6.45, 7) is 1.54.